The zero-order valence-electron chi connectivity index (χ0n) is 13.2. The minimum absolute atomic E-state index is 0.0360. The summed E-state index contributed by atoms with van der Waals surface area (Å²) >= 11 is 0. The Hall–Kier alpha value is -2.56. The van der Waals surface area contributed by atoms with E-state index in [0.29, 0.717) is 5.76 Å². The van der Waals surface area contributed by atoms with Crippen molar-refractivity contribution in [1.29, 1.82) is 0 Å². The topological polar surface area (TPSA) is 79.6 Å². The lowest BCUT2D eigenvalue weighted by atomic mass is 10.2. The van der Waals surface area contributed by atoms with Crippen LogP contribution in [0, 0.1) is 12.3 Å². The summed E-state index contributed by atoms with van der Waals surface area (Å²) in [6.07, 6.45) is 6.84. The molecule has 6 nitrogen and oxygen atoms in total. The number of terminal acetylenes is 1. The first-order valence-corrected chi connectivity index (χ1v) is 8.81. The van der Waals surface area contributed by atoms with Crippen LogP contribution in [0.3, 0.4) is 0 Å². The molecule has 0 saturated carbocycles. The molecular formula is C17H18N2O4S. The van der Waals surface area contributed by atoms with E-state index in [1.165, 1.54) is 29.4 Å². The highest BCUT2D eigenvalue weighted by Crippen LogP contribution is 2.15. The largest absolute Gasteiger partial charge is 0.467 e. The summed E-state index contributed by atoms with van der Waals surface area (Å²) < 4.78 is 31.8. The molecule has 0 aliphatic carbocycles. The summed E-state index contributed by atoms with van der Waals surface area (Å²) in [6, 6.07) is 9.32. The Labute approximate surface area is 141 Å². The van der Waals surface area contributed by atoms with Gasteiger partial charge in [-0.15, -0.1) is 6.42 Å². The Kier molecular flexibility index (Phi) is 5.79. The molecule has 1 heterocycles. The molecule has 0 bridgehead atoms. The minimum Gasteiger partial charge on any atom is -0.467 e. The van der Waals surface area contributed by atoms with Gasteiger partial charge in [0.05, 0.1) is 24.2 Å². The molecule has 1 aromatic heterocycles. The van der Waals surface area contributed by atoms with Crippen molar-refractivity contribution < 1.29 is 17.6 Å². The normalized spacial score (nSPS) is 11.0. The van der Waals surface area contributed by atoms with E-state index in [1.54, 1.807) is 25.1 Å². The van der Waals surface area contributed by atoms with Gasteiger partial charge in [0.15, 0.2) is 0 Å². The van der Waals surface area contributed by atoms with E-state index in [-0.39, 0.29) is 36.0 Å². The van der Waals surface area contributed by atoms with Gasteiger partial charge in [0, 0.05) is 12.1 Å². The van der Waals surface area contributed by atoms with Gasteiger partial charge in [-0.3, -0.25) is 4.79 Å². The number of benzene rings is 1. The van der Waals surface area contributed by atoms with E-state index < -0.39 is 10.0 Å². The number of sulfonamides is 1. The number of furan rings is 1. The van der Waals surface area contributed by atoms with Gasteiger partial charge in [0.25, 0.3) is 5.91 Å². The molecule has 2 rings (SSSR count). The van der Waals surface area contributed by atoms with Crippen molar-refractivity contribution in [2.75, 3.05) is 13.1 Å². The Morgan fingerprint density at radius 1 is 1.33 bits per heavy atom. The van der Waals surface area contributed by atoms with Crippen LogP contribution in [-0.4, -0.2) is 32.3 Å². The Bertz CT molecular complexity index is 836. The molecule has 0 radical (unpaired) electrons. The molecule has 24 heavy (non-hydrogen) atoms. The van der Waals surface area contributed by atoms with Crippen LogP contribution >= 0.6 is 0 Å². The number of nitrogens with one attached hydrogen (secondary N) is 1. The summed E-state index contributed by atoms with van der Waals surface area (Å²) in [5, 5.41) is 0. The van der Waals surface area contributed by atoms with Gasteiger partial charge in [-0.2, -0.15) is 0 Å². The monoisotopic (exact) mass is 346 g/mol. The smallest absolute Gasteiger partial charge is 0.255 e. The quantitative estimate of drug-likeness (QED) is 0.776. The lowest BCUT2D eigenvalue weighted by Gasteiger charge is -2.19. The van der Waals surface area contributed by atoms with E-state index in [4.69, 9.17) is 10.8 Å². The zero-order valence-corrected chi connectivity index (χ0v) is 14.0. The van der Waals surface area contributed by atoms with Gasteiger partial charge < -0.3 is 9.32 Å². The van der Waals surface area contributed by atoms with Crippen molar-refractivity contribution >= 4 is 15.9 Å². The van der Waals surface area contributed by atoms with Crippen molar-refractivity contribution in [1.82, 2.24) is 9.62 Å². The second-order valence-electron chi connectivity index (χ2n) is 4.97. The van der Waals surface area contributed by atoms with E-state index in [2.05, 4.69) is 10.6 Å². The first-order valence-electron chi connectivity index (χ1n) is 7.32. The first-order chi connectivity index (χ1) is 11.5. The molecule has 7 heteroatoms. The van der Waals surface area contributed by atoms with Crippen molar-refractivity contribution in [3.8, 4) is 12.3 Å². The van der Waals surface area contributed by atoms with Gasteiger partial charge in [0.1, 0.15) is 5.76 Å². The van der Waals surface area contributed by atoms with Crippen LogP contribution in [0.25, 0.3) is 0 Å². The minimum atomic E-state index is -3.63. The summed E-state index contributed by atoms with van der Waals surface area (Å²) in [4.78, 5) is 14.1. The molecule has 126 valence electrons. The first kappa shape index (κ1) is 17.8. The number of rotatable bonds is 7. The number of hydrogen-bond acceptors (Lipinski definition) is 4. The van der Waals surface area contributed by atoms with E-state index in [0.717, 1.165) is 0 Å². The number of carbonyl (C=O) groups excluding carboxylic acids is 1. The highest BCUT2D eigenvalue weighted by molar-refractivity contribution is 7.89. The number of amides is 1. The maximum atomic E-state index is 12.7. The molecular weight excluding hydrogens is 328 g/mol. The fraction of sp³-hybridized carbons (Fsp3) is 0.235. The van der Waals surface area contributed by atoms with Gasteiger partial charge in [0.2, 0.25) is 10.0 Å². The number of hydrogen-bond donors (Lipinski definition) is 1. The summed E-state index contributed by atoms with van der Waals surface area (Å²) in [5.74, 6) is 2.66. The predicted molar refractivity (Wildman–Crippen MR) is 89.6 cm³/mol. The van der Waals surface area contributed by atoms with Crippen molar-refractivity contribution in [2.45, 2.75) is 18.4 Å². The lowest BCUT2D eigenvalue weighted by Crippen LogP contribution is -2.31. The maximum Gasteiger partial charge on any atom is 0.255 e. The fourth-order valence-corrected chi connectivity index (χ4v) is 3.24. The van der Waals surface area contributed by atoms with Crippen molar-refractivity contribution in [3.63, 3.8) is 0 Å². The molecule has 1 N–H and O–H groups in total. The van der Waals surface area contributed by atoms with E-state index in [9.17, 15) is 13.2 Å². The zero-order chi connectivity index (χ0) is 17.6. The average molecular weight is 346 g/mol. The molecule has 0 saturated heterocycles. The molecule has 0 fully saturated rings. The third-order valence-corrected chi connectivity index (χ3v) is 4.77. The molecule has 2 aromatic rings. The SMILES string of the molecule is C#CCN(Cc1ccco1)C(=O)c1cccc(S(=O)(=O)NCC)c1. The Morgan fingerprint density at radius 2 is 2.12 bits per heavy atom. The summed E-state index contributed by atoms with van der Waals surface area (Å²) in [5.41, 5.74) is 0.246. The van der Waals surface area contributed by atoms with Crippen LogP contribution in [0.15, 0.2) is 52.0 Å². The highest BCUT2D eigenvalue weighted by Gasteiger charge is 2.19. The van der Waals surface area contributed by atoms with Crippen LogP contribution < -0.4 is 4.72 Å². The number of carbonyl (C=O) groups is 1. The molecule has 0 unspecified atom stereocenters. The Balaban J connectivity index is 2.28. The molecule has 1 amide bonds. The standard InChI is InChI=1S/C17H18N2O4S/c1-3-10-19(13-15-8-6-11-23-15)17(20)14-7-5-9-16(12-14)24(21,22)18-4-2/h1,5-9,11-12,18H,4,10,13H2,2H3. The number of nitrogens with zero attached hydrogens (tertiary/aromatic N) is 1. The highest BCUT2D eigenvalue weighted by atomic mass is 32.2. The van der Waals surface area contributed by atoms with Gasteiger partial charge in [-0.25, -0.2) is 13.1 Å². The van der Waals surface area contributed by atoms with Crippen molar-refractivity contribution in [2.24, 2.45) is 0 Å². The van der Waals surface area contributed by atoms with Crippen LogP contribution in [0.4, 0.5) is 0 Å². The third kappa shape index (κ3) is 4.25. The molecule has 0 atom stereocenters. The average Bonchev–Trinajstić information content (AvgIpc) is 3.07. The fourth-order valence-electron chi connectivity index (χ4n) is 2.15. The van der Waals surface area contributed by atoms with Crippen molar-refractivity contribution in [3.05, 3.63) is 54.0 Å². The van der Waals surface area contributed by atoms with Crippen LogP contribution in [0.1, 0.15) is 23.0 Å². The lowest BCUT2D eigenvalue weighted by molar-refractivity contribution is 0.0755. The second kappa shape index (κ2) is 7.81. The van der Waals surface area contributed by atoms with Gasteiger partial charge in [-0.1, -0.05) is 18.9 Å². The van der Waals surface area contributed by atoms with E-state index in [1.807, 2.05) is 0 Å². The Morgan fingerprint density at radius 3 is 2.75 bits per heavy atom. The summed E-state index contributed by atoms with van der Waals surface area (Å²) in [6.45, 7) is 2.25. The van der Waals surface area contributed by atoms with Gasteiger partial charge in [-0.05, 0) is 30.3 Å². The molecule has 0 aliphatic rings. The van der Waals surface area contributed by atoms with Gasteiger partial charge >= 0.3 is 0 Å². The molecule has 1 aromatic carbocycles. The van der Waals surface area contributed by atoms with Crippen LogP contribution in [0.5, 0.6) is 0 Å². The third-order valence-electron chi connectivity index (χ3n) is 3.22. The predicted octanol–water partition coefficient (Wildman–Crippen LogP) is 1.85. The molecule has 0 spiro atoms. The second-order valence-corrected chi connectivity index (χ2v) is 6.74. The van der Waals surface area contributed by atoms with E-state index >= 15 is 0 Å². The van der Waals surface area contributed by atoms with Crippen LogP contribution in [0.2, 0.25) is 0 Å². The summed E-state index contributed by atoms with van der Waals surface area (Å²) in [7, 11) is -3.63. The molecule has 0 aliphatic heterocycles. The van der Waals surface area contributed by atoms with Crippen LogP contribution in [-0.2, 0) is 16.6 Å². The maximum absolute atomic E-state index is 12.7.